The second-order valence-corrected chi connectivity index (χ2v) is 8.51. The molecule has 1 heterocycles. The average Bonchev–Trinajstić information content (AvgIpc) is 3.00. The number of nitrogens with zero attached hydrogens (tertiary/aromatic N) is 2. The van der Waals surface area contributed by atoms with Crippen molar-refractivity contribution in [2.75, 3.05) is 17.2 Å². The molecule has 2 aromatic rings. The van der Waals surface area contributed by atoms with E-state index in [0.29, 0.717) is 23.2 Å². The summed E-state index contributed by atoms with van der Waals surface area (Å²) in [6.07, 6.45) is 1.66. The number of carbonyl (C=O) groups is 2. The van der Waals surface area contributed by atoms with Gasteiger partial charge in [-0.05, 0) is 55.3 Å². The van der Waals surface area contributed by atoms with E-state index in [-0.39, 0.29) is 11.6 Å². The summed E-state index contributed by atoms with van der Waals surface area (Å²) in [6, 6.07) is 12.5. The van der Waals surface area contributed by atoms with Crippen LogP contribution in [0.2, 0.25) is 0 Å². The van der Waals surface area contributed by atoms with Crippen molar-refractivity contribution in [2.24, 2.45) is 0 Å². The fourth-order valence-corrected chi connectivity index (χ4v) is 4.56. The fraction of sp³-hybridized carbons (Fsp3) is 0.250. The summed E-state index contributed by atoms with van der Waals surface area (Å²) in [4.78, 5) is 24.5. The maximum atomic E-state index is 12.4. The van der Waals surface area contributed by atoms with Crippen molar-refractivity contribution in [3.05, 3.63) is 64.7 Å². The first kappa shape index (κ1) is 19.6. The number of fused-ring (bicyclic) bond motifs is 1. The SMILES string of the molecule is C[C@H]1Cc2cc(C(=O)COC(=O)c3cccc(C#N)c3)ccc2N1S(C)(=O)=O. The van der Waals surface area contributed by atoms with Crippen LogP contribution in [0.4, 0.5) is 5.69 Å². The van der Waals surface area contributed by atoms with Gasteiger partial charge >= 0.3 is 5.97 Å². The zero-order valence-electron chi connectivity index (χ0n) is 15.4. The van der Waals surface area contributed by atoms with E-state index in [2.05, 4.69) is 0 Å². The van der Waals surface area contributed by atoms with E-state index >= 15 is 0 Å². The summed E-state index contributed by atoms with van der Waals surface area (Å²) in [6.45, 7) is 1.36. The number of rotatable bonds is 5. The summed E-state index contributed by atoms with van der Waals surface area (Å²) in [7, 11) is -3.40. The minimum atomic E-state index is -3.40. The third-order valence-electron chi connectivity index (χ3n) is 4.47. The Bertz CT molecular complexity index is 1100. The quantitative estimate of drug-likeness (QED) is 0.565. The van der Waals surface area contributed by atoms with E-state index in [1.54, 1.807) is 31.2 Å². The van der Waals surface area contributed by atoms with Crippen molar-refractivity contribution in [1.82, 2.24) is 0 Å². The maximum absolute atomic E-state index is 12.4. The molecule has 1 atom stereocenters. The Hall–Kier alpha value is -3.18. The van der Waals surface area contributed by atoms with Crippen LogP contribution in [0.3, 0.4) is 0 Å². The molecule has 0 N–H and O–H groups in total. The van der Waals surface area contributed by atoms with E-state index in [1.807, 2.05) is 6.07 Å². The number of benzene rings is 2. The molecule has 0 aliphatic carbocycles. The summed E-state index contributed by atoms with van der Waals surface area (Å²) in [5, 5.41) is 8.88. The third kappa shape index (κ3) is 3.89. The molecule has 1 aliphatic rings. The number of ether oxygens (including phenoxy) is 1. The molecule has 1 aliphatic heterocycles. The van der Waals surface area contributed by atoms with Gasteiger partial charge in [0.1, 0.15) is 0 Å². The topological polar surface area (TPSA) is 105 Å². The maximum Gasteiger partial charge on any atom is 0.338 e. The molecule has 2 aromatic carbocycles. The lowest BCUT2D eigenvalue weighted by Gasteiger charge is -2.21. The summed E-state index contributed by atoms with van der Waals surface area (Å²) in [5.41, 5.74) is 2.19. The minimum absolute atomic E-state index is 0.193. The fourth-order valence-electron chi connectivity index (χ4n) is 3.30. The average molecular weight is 398 g/mol. The number of hydrogen-bond acceptors (Lipinski definition) is 6. The lowest BCUT2D eigenvalue weighted by molar-refractivity contribution is 0.0474. The van der Waals surface area contributed by atoms with E-state index in [9.17, 15) is 18.0 Å². The van der Waals surface area contributed by atoms with Crippen LogP contribution in [0.5, 0.6) is 0 Å². The first-order valence-electron chi connectivity index (χ1n) is 8.53. The van der Waals surface area contributed by atoms with Crippen molar-refractivity contribution in [3.8, 4) is 6.07 Å². The first-order chi connectivity index (χ1) is 13.2. The Balaban J connectivity index is 1.72. The zero-order chi connectivity index (χ0) is 20.5. The second-order valence-electron chi connectivity index (χ2n) is 6.65. The largest absolute Gasteiger partial charge is 0.454 e. The van der Waals surface area contributed by atoms with Gasteiger partial charge in [-0.2, -0.15) is 5.26 Å². The molecule has 8 heteroatoms. The Morgan fingerprint density at radius 2 is 1.96 bits per heavy atom. The zero-order valence-corrected chi connectivity index (χ0v) is 16.2. The molecule has 0 amide bonds. The van der Waals surface area contributed by atoms with Crippen LogP contribution in [-0.2, 0) is 21.2 Å². The predicted molar refractivity (Wildman–Crippen MR) is 103 cm³/mol. The molecule has 3 rings (SSSR count). The van der Waals surface area contributed by atoms with E-state index in [0.717, 1.165) is 11.8 Å². The van der Waals surface area contributed by atoms with Gasteiger partial charge in [0.05, 0.1) is 29.1 Å². The van der Waals surface area contributed by atoms with Crippen LogP contribution >= 0.6 is 0 Å². The van der Waals surface area contributed by atoms with Gasteiger partial charge in [0.15, 0.2) is 12.4 Å². The molecule has 0 unspecified atom stereocenters. The molecule has 28 heavy (non-hydrogen) atoms. The van der Waals surface area contributed by atoms with Crippen LogP contribution in [0.25, 0.3) is 0 Å². The molecular formula is C20H18N2O5S. The molecule has 0 saturated carbocycles. The number of esters is 1. The van der Waals surface area contributed by atoms with Crippen LogP contribution < -0.4 is 4.31 Å². The van der Waals surface area contributed by atoms with Crippen LogP contribution in [0, 0.1) is 11.3 Å². The standard InChI is InChI=1S/C20H18N2O5S/c1-13-8-17-10-15(6-7-18(17)22(13)28(2,25)26)19(23)12-27-20(24)16-5-3-4-14(9-16)11-21/h3-7,9-10,13H,8,12H2,1-2H3/t13-/m0/s1. The number of hydrogen-bond donors (Lipinski definition) is 0. The molecule has 0 aromatic heterocycles. The third-order valence-corrected chi connectivity index (χ3v) is 5.74. The molecule has 0 radical (unpaired) electrons. The summed E-state index contributed by atoms with van der Waals surface area (Å²) >= 11 is 0. The number of ketones is 1. The molecule has 0 fully saturated rings. The van der Waals surface area contributed by atoms with Crippen LogP contribution in [-0.4, -0.2) is 39.1 Å². The monoisotopic (exact) mass is 398 g/mol. The molecule has 0 saturated heterocycles. The lowest BCUT2D eigenvalue weighted by Crippen LogP contribution is -2.34. The Morgan fingerprint density at radius 3 is 2.64 bits per heavy atom. The highest BCUT2D eigenvalue weighted by molar-refractivity contribution is 7.92. The number of carbonyl (C=O) groups excluding carboxylic acids is 2. The Morgan fingerprint density at radius 1 is 1.21 bits per heavy atom. The highest BCUT2D eigenvalue weighted by atomic mass is 32.2. The molecule has 0 bridgehead atoms. The van der Waals surface area contributed by atoms with Gasteiger partial charge in [-0.25, -0.2) is 13.2 Å². The number of Topliss-reactive ketones (excluding diaryl/α,β-unsaturated/α-hetero) is 1. The molecular weight excluding hydrogens is 380 g/mol. The first-order valence-corrected chi connectivity index (χ1v) is 10.4. The van der Waals surface area contributed by atoms with E-state index in [1.165, 1.54) is 22.5 Å². The second kappa shape index (κ2) is 7.44. The number of nitriles is 1. The van der Waals surface area contributed by atoms with Crippen molar-refractivity contribution < 1.29 is 22.7 Å². The summed E-state index contributed by atoms with van der Waals surface area (Å²) in [5.74, 6) is -1.08. The van der Waals surface area contributed by atoms with E-state index < -0.39 is 28.4 Å². The van der Waals surface area contributed by atoms with Gasteiger partial charge in [-0.3, -0.25) is 9.10 Å². The van der Waals surface area contributed by atoms with Crippen molar-refractivity contribution in [2.45, 2.75) is 19.4 Å². The highest BCUT2D eigenvalue weighted by Crippen LogP contribution is 2.34. The molecule has 7 nitrogen and oxygen atoms in total. The number of anilines is 1. The van der Waals surface area contributed by atoms with Crippen LogP contribution in [0.15, 0.2) is 42.5 Å². The Kier molecular flexibility index (Phi) is 5.21. The minimum Gasteiger partial charge on any atom is -0.454 e. The van der Waals surface area contributed by atoms with Crippen molar-refractivity contribution in [1.29, 1.82) is 5.26 Å². The Labute approximate surface area is 163 Å². The lowest BCUT2D eigenvalue weighted by atomic mass is 10.0. The van der Waals surface area contributed by atoms with Crippen molar-refractivity contribution in [3.63, 3.8) is 0 Å². The van der Waals surface area contributed by atoms with Gasteiger partial charge in [-0.15, -0.1) is 0 Å². The van der Waals surface area contributed by atoms with Gasteiger partial charge < -0.3 is 4.74 Å². The van der Waals surface area contributed by atoms with E-state index in [4.69, 9.17) is 10.00 Å². The normalized spacial score (nSPS) is 15.6. The van der Waals surface area contributed by atoms with Gasteiger partial charge in [0.25, 0.3) is 0 Å². The smallest absolute Gasteiger partial charge is 0.338 e. The highest BCUT2D eigenvalue weighted by Gasteiger charge is 2.32. The van der Waals surface area contributed by atoms with Gasteiger partial charge in [0.2, 0.25) is 10.0 Å². The summed E-state index contributed by atoms with van der Waals surface area (Å²) < 4.78 is 30.3. The molecule has 0 spiro atoms. The van der Waals surface area contributed by atoms with Crippen molar-refractivity contribution >= 4 is 27.5 Å². The van der Waals surface area contributed by atoms with Gasteiger partial charge in [-0.1, -0.05) is 6.07 Å². The molecule has 144 valence electrons. The predicted octanol–water partition coefficient (Wildman–Crippen LogP) is 2.31. The number of sulfonamides is 1. The van der Waals surface area contributed by atoms with Crippen LogP contribution in [0.1, 0.15) is 38.8 Å². The van der Waals surface area contributed by atoms with Gasteiger partial charge in [0, 0.05) is 11.6 Å².